The summed E-state index contributed by atoms with van der Waals surface area (Å²) in [6.45, 7) is 3.41. The van der Waals surface area contributed by atoms with Crippen molar-refractivity contribution in [2.75, 3.05) is 7.11 Å². The maximum Gasteiger partial charge on any atom is 0.164 e. The van der Waals surface area contributed by atoms with Gasteiger partial charge in [-0.2, -0.15) is 0 Å². The highest BCUT2D eigenvalue weighted by Crippen LogP contribution is 2.45. The van der Waals surface area contributed by atoms with Crippen LogP contribution >= 0.6 is 23.2 Å². The standard InChI is InChI=1S/C20H21Cl2N3O4/c1-10-12-6-7-25(18(12)24-9-23-10)19-16(26)20(2,27)17(29-19)15(28-3)11-4-5-13(21)14(22)8-11/h4-9,15-17,19,26-27H,1-3H3/t15-,16+,17-,19-,20+/m1/s1. The van der Waals surface area contributed by atoms with E-state index in [-0.39, 0.29) is 0 Å². The van der Waals surface area contributed by atoms with Crippen molar-refractivity contribution in [2.24, 2.45) is 0 Å². The van der Waals surface area contributed by atoms with Gasteiger partial charge >= 0.3 is 0 Å². The predicted molar refractivity (Wildman–Crippen MR) is 109 cm³/mol. The average molecular weight is 438 g/mol. The lowest BCUT2D eigenvalue weighted by atomic mass is 9.88. The fraction of sp³-hybridized carbons (Fsp3) is 0.400. The summed E-state index contributed by atoms with van der Waals surface area (Å²) in [4.78, 5) is 8.50. The van der Waals surface area contributed by atoms with Crippen LogP contribution < -0.4 is 0 Å². The number of nitrogens with zero attached hydrogens (tertiary/aromatic N) is 3. The third-order valence-electron chi connectivity index (χ3n) is 5.51. The Labute approximate surface area is 177 Å². The Balaban J connectivity index is 1.73. The van der Waals surface area contributed by atoms with Gasteiger partial charge in [-0.3, -0.25) is 0 Å². The molecule has 4 rings (SSSR count). The van der Waals surface area contributed by atoms with Gasteiger partial charge in [0.25, 0.3) is 0 Å². The molecule has 2 aromatic heterocycles. The topological polar surface area (TPSA) is 89.6 Å². The van der Waals surface area contributed by atoms with E-state index in [4.69, 9.17) is 32.7 Å². The zero-order valence-corrected chi connectivity index (χ0v) is 17.6. The van der Waals surface area contributed by atoms with Crippen LogP contribution in [0, 0.1) is 6.92 Å². The molecule has 154 valence electrons. The molecule has 29 heavy (non-hydrogen) atoms. The van der Waals surface area contributed by atoms with Crippen LogP contribution in [0.5, 0.6) is 0 Å². The van der Waals surface area contributed by atoms with Crippen molar-refractivity contribution in [2.45, 2.75) is 44.0 Å². The number of halogens is 2. The lowest BCUT2D eigenvalue weighted by Crippen LogP contribution is -2.47. The summed E-state index contributed by atoms with van der Waals surface area (Å²) >= 11 is 12.2. The molecule has 0 bridgehead atoms. The zero-order chi connectivity index (χ0) is 20.9. The van der Waals surface area contributed by atoms with Crippen molar-refractivity contribution in [3.63, 3.8) is 0 Å². The van der Waals surface area contributed by atoms with Crippen molar-refractivity contribution in [3.05, 3.63) is 58.1 Å². The van der Waals surface area contributed by atoms with Crippen LogP contribution in [-0.2, 0) is 9.47 Å². The van der Waals surface area contributed by atoms with E-state index in [1.54, 1.807) is 29.0 Å². The van der Waals surface area contributed by atoms with Crippen LogP contribution in [0.3, 0.4) is 0 Å². The highest BCUT2D eigenvalue weighted by atomic mass is 35.5. The second-order valence-corrected chi connectivity index (χ2v) is 8.18. The molecule has 0 amide bonds. The summed E-state index contributed by atoms with van der Waals surface area (Å²) < 4.78 is 13.5. The first-order valence-electron chi connectivity index (χ1n) is 9.07. The maximum atomic E-state index is 11.1. The Kier molecular flexibility index (Phi) is 5.31. The number of hydrogen-bond donors (Lipinski definition) is 2. The molecule has 1 fully saturated rings. The number of fused-ring (bicyclic) bond motifs is 1. The molecule has 0 aliphatic carbocycles. The van der Waals surface area contributed by atoms with Crippen LogP contribution in [0.15, 0.2) is 36.8 Å². The highest BCUT2D eigenvalue weighted by molar-refractivity contribution is 6.42. The van der Waals surface area contributed by atoms with Gasteiger partial charge in [0, 0.05) is 18.7 Å². The van der Waals surface area contributed by atoms with Gasteiger partial charge in [-0.25, -0.2) is 9.97 Å². The number of benzene rings is 1. The van der Waals surface area contributed by atoms with Gasteiger partial charge in [-0.1, -0.05) is 29.3 Å². The van der Waals surface area contributed by atoms with Crippen molar-refractivity contribution < 1.29 is 19.7 Å². The molecule has 1 aromatic carbocycles. The minimum Gasteiger partial charge on any atom is -0.385 e. The molecule has 1 aliphatic rings. The first kappa shape index (κ1) is 20.5. The van der Waals surface area contributed by atoms with Gasteiger partial charge in [-0.15, -0.1) is 0 Å². The molecule has 2 N–H and O–H groups in total. The van der Waals surface area contributed by atoms with Gasteiger partial charge in [-0.05, 0) is 37.6 Å². The number of hydrogen-bond acceptors (Lipinski definition) is 6. The number of aliphatic hydroxyl groups is 2. The fourth-order valence-corrected chi connectivity index (χ4v) is 4.15. The molecule has 0 unspecified atom stereocenters. The summed E-state index contributed by atoms with van der Waals surface area (Å²) in [7, 11) is 1.51. The molecule has 7 nitrogen and oxygen atoms in total. The van der Waals surface area contributed by atoms with Gasteiger partial charge in [0.15, 0.2) is 6.23 Å². The molecule has 3 heterocycles. The highest BCUT2D eigenvalue weighted by Gasteiger charge is 2.56. The summed E-state index contributed by atoms with van der Waals surface area (Å²) in [6.07, 6.45) is -0.415. The Morgan fingerprint density at radius 3 is 2.69 bits per heavy atom. The predicted octanol–water partition coefficient (Wildman–Crippen LogP) is 3.44. The first-order chi connectivity index (χ1) is 13.8. The van der Waals surface area contributed by atoms with Gasteiger partial charge < -0.3 is 24.3 Å². The molecule has 1 aliphatic heterocycles. The molecule has 3 aromatic rings. The minimum absolute atomic E-state index is 0.365. The third-order valence-corrected chi connectivity index (χ3v) is 6.25. The van der Waals surface area contributed by atoms with Crippen molar-refractivity contribution in [1.82, 2.24) is 14.5 Å². The Morgan fingerprint density at radius 2 is 2.00 bits per heavy atom. The first-order valence-corrected chi connectivity index (χ1v) is 9.83. The summed E-state index contributed by atoms with van der Waals surface area (Å²) in [6, 6.07) is 6.93. The smallest absolute Gasteiger partial charge is 0.164 e. The van der Waals surface area contributed by atoms with Crippen molar-refractivity contribution >= 4 is 34.2 Å². The second kappa shape index (κ2) is 7.50. The largest absolute Gasteiger partial charge is 0.385 e. The molecule has 1 saturated heterocycles. The van der Waals surface area contributed by atoms with E-state index >= 15 is 0 Å². The lowest BCUT2D eigenvalue weighted by molar-refractivity contribution is -0.125. The van der Waals surface area contributed by atoms with E-state index in [0.717, 1.165) is 11.1 Å². The maximum absolute atomic E-state index is 11.1. The number of aromatic nitrogens is 3. The second-order valence-electron chi connectivity index (χ2n) is 7.37. The third kappa shape index (κ3) is 3.32. The van der Waals surface area contributed by atoms with Crippen molar-refractivity contribution in [3.8, 4) is 0 Å². The summed E-state index contributed by atoms with van der Waals surface area (Å²) in [5, 5.41) is 23.7. The van der Waals surface area contributed by atoms with E-state index < -0.39 is 30.1 Å². The molecule has 5 atom stereocenters. The van der Waals surface area contributed by atoms with E-state index in [1.807, 2.05) is 13.0 Å². The molecular weight excluding hydrogens is 417 g/mol. The van der Waals surface area contributed by atoms with Gasteiger partial charge in [0.1, 0.15) is 35.9 Å². The van der Waals surface area contributed by atoms with E-state index in [0.29, 0.717) is 21.3 Å². The number of methoxy groups -OCH3 is 1. The number of ether oxygens (including phenoxy) is 2. The van der Waals surface area contributed by atoms with E-state index in [2.05, 4.69) is 9.97 Å². The quantitative estimate of drug-likeness (QED) is 0.649. The monoisotopic (exact) mass is 437 g/mol. The number of aliphatic hydroxyl groups excluding tert-OH is 1. The van der Waals surface area contributed by atoms with Crippen LogP contribution in [-0.4, -0.2) is 49.7 Å². The summed E-state index contributed by atoms with van der Waals surface area (Å²) in [5.41, 5.74) is 0.503. The molecule has 0 spiro atoms. The van der Waals surface area contributed by atoms with Crippen LogP contribution in [0.25, 0.3) is 11.0 Å². The SMILES string of the molecule is CO[C@H](c1ccc(Cl)c(Cl)c1)[C@H]1O[C@@H](n2ccc3c(C)ncnc32)[C@H](O)[C@]1(C)O. The van der Waals surface area contributed by atoms with Crippen molar-refractivity contribution in [1.29, 1.82) is 0 Å². The number of rotatable bonds is 4. The Hall–Kier alpha value is -1.74. The van der Waals surface area contributed by atoms with Crippen LogP contribution in [0.4, 0.5) is 0 Å². The fourth-order valence-electron chi connectivity index (χ4n) is 3.84. The van der Waals surface area contributed by atoms with Gasteiger partial charge in [0.2, 0.25) is 0 Å². The van der Waals surface area contributed by atoms with E-state index in [9.17, 15) is 10.2 Å². The van der Waals surface area contributed by atoms with Crippen LogP contribution in [0.2, 0.25) is 10.0 Å². The number of aryl methyl sites for hydroxylation is 1. The minimum atomic E-state index is -1.60. The zero-order valence-electron chi connectivity index (χ0n) is 16.1. The molecular formula is C20H21Cl2N3O4. The average Bonchev–Trinajstić information content (AvgIpc) is 3.20. The van der Waals surface area contributed by atoms with Crippen LogP contribution in [0.1, 0.15) is 30.5 Å². The lowest BCUT2D eigenvalue weighted by Gasteiger charge is -2.31. The summed E-state index contributed by atoms with van der Waals surface area (Å²) in [5.74, 6) is 0. The Morgan fingerprint density at radius 1 is 1.24 bits per heavy atom. The normalized spacial score (nSPS) is 28.2. The van der Waals surface area contributed by atoms with E-state index in [1.165, 1.54) is 20.4 Å². The molecule has 9 heteroatoms. The molecule has 0 saturated carbocycles. The van der Waals surface area contributed by atoms with Gasteiger partial charge in [0.05, 0.1) is 15.7 Å². The Bertz CT molecular complexity index is 1060. The molecule has 0 radical (unpaired) electrons.